The van der Waals surface area contributed by atoms with Crippen molar-refractivity contribution in [2.75, 3.05) is 13.2 Å². The van der Waals surface area contributed by atoms with Crippen LogP contribution in [0.2, 0.25) is 0 Å². The molecule has 0 saturated carbocycles. The van der Waals surface area contributed by atoms with Gasteiger partial charge in [-0.05, 0) is 31.9 Å². The molecular weight excluding hydrogens is 468 g/mol. The molecule has 0 radical (unpaired) electrons. The van der Waals surface area contributed by atoms with Gasteiger partial charge in [-0.3, -0.25) is 0 Å². The Balaban J connectivity index is 4.09. The maximum Gasteiger partial charge on any atom is 0.508 e. The van der Waals surface area contributed by atoms with E-state index in [1.165, 1.54) is 31.9 Å². The summed E-state index contributed by atoms with van der Waals surface area (Å²) >= 11 is 2.87. The van der Waals surface area contributed by atoms with E-state index in [1.807, 2.05) is 0 Å². The summed E-state index contributed by atoms with van der Waals surface area (Å²) in [5, 5.41) is 0. The number of halogens is 10. The third-order valence-corrected chi connectivity index (χ3v) is 3.26. The summed E-state index contributed by atoms with van der Waals surface area (Å²) in [4.78, 5) is 1.72. The van der Waals surface area contributed by atoms with E-state index in [-0.39, 0.29) is 0 Å². The zero-order valence-corrected chi connectivity index (χ0v) is 13.5. The molecule has 3 nitrogen and oxygen atoms in total. The Hall–Kier alpha value is -0.330. The molecule has 0 atom stereocenters. The second-order valence-electron chi connectivity index (χ2n) is 3.85. The van der Waals surface area contributed by atoms with Crippen LogP contribution in [0.3, 0.4) is 0 Å². The SMILES string of the molecule is O=C(OCCC(F)(F)C(F)(F)Br)OCCC(F)(F)C(F)(F)Br. The second-order valence-corrected chi connectivity index (χ2v) is 5.84. The van der Waals surface area contributed by atoms with Gasteiger partial charge in [0.2, 0.25) is 0 Å². The van der Waals surface area contributed by atoms with Gasteiger partial charge in [-0.1, -0.05) is 0 Å². The standard InChI is InChI=1S/C9H8Br2F8O3/c10-8(16,17)6(12,13)1-3-21-5(20)22-4-2-7(14,15)9(11,18)19/h1-4H2. The smallest absolute Gasteiger partial charge is 0.434 e. The third kappa shape index (κ3) is 6.84. The van der Waals surface area contributed by atoms with Crippen LogP contribution in [0.1, 0.15) is 12.8 Å². The van der Waals surface area contributed by atoms with Crippen molar-refractivity contribution < 1.29 is 49.4 Å². The maximum absolute atomic E-state index is 12.7. The van der Waals surface area contributed by atoms with Crippen molar-refractivity contribution in [3.8, 4) is 0 Å². The van der Waals surface area contributed by atoms with Crippen molar-refractivity contribution in [3.63, 3.8) is 0 Å². The van der Waals surface area contributed by atoms with Gasteiger partial charge in [0.1, 0.15) is 13.2 Å². The van der Waals surface area contributed by atoms with Gasteiger partial charge in [0, 0.05) is 0 Å². The Morgan fingerprint density at radius 1 is 0.727 bits per heavy atom. The van der Waals surface area contributed by atoms with Crippen LogP contribution in [0.15, 0.2) is 0 Å². The first-order chi connectivity index (χ1) is 9.60. The molecule has 0 aliphatic carbocycles. The topological polar surface area (TPSA) is 35.5 Å². The number of carbonyl (C=O) groups is 1. The molecule has 0 fully saturated rings. The summed E-state index contributed by atoms with van der Waals surface area (Å²) < 4.78 is 108. The van der Waals surface area contributed by atoms with Gasteiger partial charge in [-0.15, -0.1) is 0 Å². The summed E-state index contributed by atoms with van der Waals surface area (Å²) in [6.07, 6.45) is -4.88. The molecule has 0 saturated heterocycles. The summed E-state index contributed by atoms with van der Waals surface area (Å²) in [5.41, 5.74) is 0. The summed E-state index contributed by atoms with van der Waals surface area (Å²) in [5.74, 6) is -9.06. The lowest BCUT2D eigenvalue weighted by Gasteiger charge is -2.21. The lowest BCUT2D eigenvalue weighted by atomic mass is 10.2. The van der Waals surface area contributed by atoms with E-state index in [4.69, 9.17) is 0 Å². The van der Waals surface area contributed by atoms with Gasteiger partial charge >= 0.3 is 27.7 Å². The van der Waals surface area contributed by atoms with Crippen LogP contribution < -0.4 is 0 Å². The molecule has 0 aliphatic rings. The van der Waals surface area contributed by atoms with Gasteiger partial charge in [0.25, 0.3) is 0 Å². The van der Waals surface area contributed by atoms with Crippen LogP contribution in [0.25, 0.3) is 0 Å². The molecule has 0 rings (SSSR count). The van der Waals surface area contributed by atoms with Crippen molar-refractivity contribution in [1.29, 1.82) is 0 Å². The quantitative estimate of drug-likeness (QED) is 0.276. The van der Waals surface area contributed by atoms with E-state index in [0.29, 0.717) is 0 Å². The Bertz CT molecular complexity index is 346. The molecule has 0 bridgehead atoms. The summed E-state index contributed by atoms with van der Waals surface area (Å²) in [6.45, 7) is -2.39. The largest absolute Gasteiger partial charge is 0.508 e. The van der Waals surface area contributed by atoms with E-state index >= 15 is 0 Å². The molecule has 0 spiro atoms. The minimum absolute atomic E-state index is 1.20. The number of carbonyl (C=O) groups excluding carboxylic acids is 1. The van der Waals surface area contributed by atoms with Crippen LogP contribution >= 0.6 is 31.9 Å². The Morgan fingerprint density at radius 2 is 1.00 bits per heavy atom. The number of hydrogen-bond acceptors (Lipinski definition) is 3. The zero-order valence-electron chi connectivity index (χ0n) is 10.3. The van der Waals surface area contributed by atoms with Crippen molar-refractivity contribution >= 4 is 38.0 Å². The van der Waals surface area contributed by atoms with Gasteiger partial charge in [0.15, 0.2) is 0 Å². The molecule has 0 aromatic carbocycles. The van der Waals surface area contributed by atoms with Crippen LogP contribution in [0.4, 0.5) is 39.9 Å². The summed E-state index contributed by atoms with van der Waals surface area (Å²) in [6, 6.07) is 0. The molecule has 0 amide bonds. The molecule has 0 aromatic rings. The molecule has 0 aliphatic heterocycles. The molecule has 0 N–H and O–H groups in total. The van der Waals surface area contributed by atoms with E-state index in [1.54, 1.807) is 0 Å². The van der Waals surface area contributed by atoms with Gasteiger partial charge in [-0.25, -0.2) is 4.79 Å². The van der Waals surface area contributed by atoms with Gasteiger partial charge in [-0.2, -0.15) is 35.1 Å². The van der Waals surface area contributed by atoms with E-state index < -0.39 is 53.7 Å². The maximum atomic E-state index is 12.7. The van der Waals surface area contributed by atoms with Crippen molar-refractivity contribution in [2.24, 2.45) is 0 Å². The van der Waals surface area contributed by atoms with E-state index in [0.717, 1.165) is 0 Å². The second kappa shape index (κ2) is 7.49. The Kier molecular flexibility index (Phi) is 7.38. The predicted molar refractivity (Wildman–Crippen MR) is 64.2 cm³/mol. The first kappa shape index (κ1) is 21.7. The Morgan fingerprint density at radius 3 is 1.23 bits per heavy atom. The fourth-order valence-corrected chi connectivity index (χ4v) is 1.25. The number of hydrogen-bond donors (Lipinski definition) is 0. The van der Waals surface area contributed by atoms with Crippen LogP contribution in [-0.4, -0.2) is 40.9 Å². The van der Waals surface area contributed by atoms with Crippen molar-refractivity contribution in [3.05, 3.63) is 0 Å². The molecule has 13 heteroatoms. The van der Waals surface area contributed by atoms with Crippen LogP contribution in [-0.2, 0) is 9.47 Å². The average molecular weight is 476 g/mol. The molecule has 22 heavy (non-hydrogen) atoms. The molecule has 0 heterocycles. The van der Waals surface area contributed by atoms with Crippen LogP contribution in [0, 0.1) is 0 Å². The third-order valence-electron chi connectivity index (χ3n) is 2.10. The molecular formula is C9H8Br2F8O3. The number of rotatable bonds is 8. The fourth-order valence-electron chi connectivity index (χ4n) is 0.850. The van der Waals surface area contributed by atoms with Crippen molar-refractivity contribution in [2.45, 2.75) is 34.4 Å². The molecule has 132 valence electrons. The highest BCUT2D eigenvalue weighted by atomic mass is 79.9. The number of alkyl halides is 10. The highest BCUT2D eigenvalue weighted by Crippen LogP contribution is 2.42. The first-order valence-electron chi connectivity index (χ1n) is 5.29. The molecule has 0 aromatic heterocycles. The van der Waals surface area contributed by atoms with Gasteiger partial charge in [0.05, 0.1) is 12.8 Å². The molecule has 0 unspecified atom stereocenters. The predicted octanol–water partition coefficient (Wildman–Crippen LogP) is 5.17. The van der Waals surface area contributed by atoms with Crippen molar-refractivity contribution in [1.82, 2.24) is 0 Å². The van der Waals surface area contributed by atoms with E-state index in [2.05, 4.69) is 9.47 Å². The minimum Gasteiger partial charge on any atom is -0.434 e. The summed E-state index contributed by atoms with van der Waals surface area (Å²) in [7, 11) is 0. The van der Waals surface area contributed by atoms with E-state index in [9.17, 15) is 39.9 Å². The fraction of sp³-hybridized carbons (Fsp3) is 0.889. The normalized spacial score (nSPS) is 13.9. The highest BCUT2D eigenvalue weighted by Gasteiger charge is 2.54. The van der Waals surface area contributed by atoms with Crippen LogP contribution in [0.5, 0.6) is 0 Å². The monoisotopic (exact) mass is 474 g/mol. The Labute approximate surface area is 135 Å². The first-order valence-corrected chi connectivity index (χ1v) is 6.87. The lowest BCUT2D eigenvalue weighted by molar-refractivity contribution is -0.160. The number of ether oxygens (including phenoxy) is 2. The highest BCUT2D eigenvalue weighted by molar-refractivity contribution is 9.10. The average Bonchev–Trinajstić information content (AvgIpc) is 2.25. The minimum atomic E-state index is -4.53. The lowest BCUT2D eigenvalue weighted by Crippen LogP contribution is -2.37. The van der Waals surface area contributed by atoms with Gasteiger partial charge < -0.3 is 9.47 Å². The zero-order chi connectivity index (χ0) is 17.8.